The summed E-state index contributed by atoms with van der Waals surface area (Å²) in [6, 6.07) is 47.9. The number of hydrogen-bond acceptors (Lipinski definition) is 22. The highest BCUT2D eigenvalue weighted by molar-refractivity contribution is 14.1. The zero-order valence-electron chi connectivity index (χ0n) is 58.7. The normalized spacial score (nSPS) is 14.7. The van der Waals surface area contributed by atoms with Gasteiger partial charge in [-0.3, -0.25) is 32.9 Å². The van der Waals surface area contributed by atoms with Gasteiger partial charge in [0.25, 0.3) is 22.2 Å². The molecule has 4 atom stereocenters. The van der Waals surface area contributed by atoms with Crippen LogP contribution in [-0.4, -0.2) is 107 Å². The largest absolute Gasteiger partial charge is 0.508 e. The van der Waals surface area contributed by atoms with Gasteiger partial charge in [-0.05, 0) is 164 Å². The van der Waals surface area contributed by atoms with E-state index >= 15 is 0 Å². The molecule has 0 aliphatic heterocycles. The number of anilines is 4. The van der Waals surface area contributed by atoms with Crippen LogP contribution in [0.2, 0.25) is 10.3 Å². The fourth-order valence-electron chi connectivity index (χ4n) is 10.9. The molecule has 2 aromatic carbocycles. The van der Waals surface area contributed by atoms with Gasteiger partial charge in [0.05, 0.1) is 42.3 Å². The molecule has 0 unspecified atom stereocenters. The third-order valence-electron chi connectivity index (χ3n) is 16.4. The third-order valence-corrected chi connectivity index (χ3v) is 18.8. The second-order valence-electron chi connectivity index (χ2n) is 24.2. The number of halogens is 3. The molecule has 14 rings (SSSR count). The molecule has 0 saturated heterocycles. The van der Waals surface area contributed by atoms with Gasteiger partial charge in [0, 0.05) is 118 Å². The number of hydrogen-bond donors (Lipinski definition) is 6. The quantitative estimate of drug-likeness (QED) is 0.0150. The molecular formula is C78H79Cl2IN16O8S2. The van der Waals surface area contributed by atoms with E-state index in [1.165, 1.54) is 45.7 Å². The van der Waals surface area contributed by atoms with Gasteiger partial charge in [-0.15, -0.1) is 23.5 Å². The minimum Gasteiger partial charge on any atom is -0.508 e. The van der Waals surface area contributed by atoms with Crippen LogP contribution in [0, 0.1) is 3.57 Å². The van der Waals surface area contributed by atoms with Crippen LogP contribution in [0.1, 0.15) is 69.4 Å². The summed E-state index contributed by atoms with van der Waals surface area (Å²) < 4.78 is 22.3. The number of rotatable bonds is 23. The van der Waals surface area contributed by atoms with E-state index in [2.05, 4.69) is 95.6 Å². The van der Waals surface area contributed by atoms with E-state index < -0.39 is 0 Å². The van der Waals surface area contributed by atoms with Gasteiger partial charge in [0.15, 0.2) is 0 Å². The van der Waals surface area contributed by atoms with E-state index in [1.807, 2.05) is 128 Å². The number of nitrogens with zero attached hydrogens (tertiary/aromatic N) is 11. The second kappa shape index (κ2) is 41.3. The number of unbranched alkanes of at least 4 members (excludes halogenated alkanes) is 1. The van der Waals surface area contributed by atoms with Crippen LogP contribution < -0.4 is 57.7 Å². The summed E-state index contributed by atoms with van der Waals surface area (Å²) in [7, 11) is 0. The second-order valence-corrected chi connectivity index (χ2v) is 28.0. The van der Waals surface area contributed by atoms with Crippen molar-refractivity contribution >= 4 is 92.8 Å². The van der Waals surface area contributed by atoms with E-state index in [-0.39, 0.29) is 28.0 Å². The number of pyridine rings is 8. The van der Waals surface area contributed by atoms with Crippen molar-refractivity contribution in [3.63, 3.8) is 0 Å². The maximum atomic E-state index is 12.7. The monoisotopic (exact) mass is 1630 g/mol. The number of nitrogens with one attached hydrogen (secondary N) is 5. The fourth-order valence-corrected chi connectivity index (χ4v) is 12.1. The molecule has 0 radical (unpaired) electrons. The predicted octanol–water partition coefficient (Wildman–Crippen LogP) is 15.0. The number of aromatic hydroxyl groups is 1. The van der Waals surface area contributed by atoms with E-state index in [0.717, 1.165) is 87.5 Å². The number of thioether (sulfide) groups is 2. The van der Waals surface area contributed by atoms with Crippen molar-refractivity contribution in [3.8, 4) is 40.1 Å². The highest BCUT2D eigenvalue weighted by atomic mass is 127. The molecule has 107 heavy (non-hydrogen) atoms. The molecule has 24 nitrogen and oxygen atoms in total. The Labute approximate surface area is 650 Å². The van der Waals surface area contributed by atoms with Crippen molar-refractivity contribution in [1.29, 1.82) is 0 Å². The molecule has 0 amide bonds. The summed E-state index contributed by atoms with van der Waals surface area (Å²) in [6.45, 7) is 3.61. The van der Waals surface area contributed by atoms with Crippen LogP contribution in [0.3, 0.4) is 0 Å². The van der Waals surface area contributed by atoms with Gasteiger partial charge in [-0.25, -0.2) is 39.9 Å². The molecule has 2 saturated carbocycles. The van der Waals surface area contributed by atoms with Crippen molar-refractivity contribution < 1.29 is 19.3 Å². The van der Waals surface area contributed by atoms with Gasteiger partial charge in [-0.1, -0.05) is 97.2 Å². The number of aromatic amines is 1. The maximum absolute atomic E-state index is 12.7. The van der Waals surface area contributed by atoms with Crippen LogP contribution in [0.25, 0.3) is 17.1 Å². The molecule has 10 aromatic heterocycles. The molecule has 552 valence electrons. The standard InChI is InChI=1S/C27H28N6O2S.C20H22N6O2S.C14H15ClN2O2.C12H11NO2.C5H3ClIN/c1-36-24-16-29-27(30-17-24)32-21-8-7-20(13-21)31-25-10-9-22(15-28-25)33-12-11-23(14-26(33)34)35-18-19-5-3-2-4-6-19;1-29-17-11-22-20(23-12-17)25-14-3-2-13(8-14)24-18-5-4-15(10-21-18)26-7-6-16(27)9-19(26)28;1-2-3-8-19-12-6-7-17(14(18)9-12)11-4-5-13(15)16-10-11;14-12-8-11(6-7-13-12)15-9-10-4-2-1-3-5-10;6-5-2-1-4(7)3-8-5/h2-6,9-12,14-17,20-21H,7-8,13,18H2,1H3,(H,28,31)(H,29,30,32);4-7,9-14,27H,2-3,8H2,1H3,(H,21,24)(H,22,23,25);4-7,9-10H,2-3,8H2,1H3;1-8H,9H2,(H,13,14);1-3H/t20-,21-;13-,14-;;;/m00.../s1. The van der Waals surface area contributed by atoms with E-state index in [1.54, 1.807) is 108 Å². The first-order valence-corrected chi connectivity index (χ1v) is 38.5. The molecule has 0 bridgehead atoms. The minimum atomic E-state index is -0.301. The number of benzene rings is 2. The molecule has 2 aliphatic rings. The molecular weight excluding hydrogens is 1550 g/mol. The molecule has 12 aromatic rings. The first-order valence-electron chi connectivity index (χ1n) is 34.2. The molecule has 6 N–H and O–H groups in total. The fraction of sp³-hybridized carbons (Fsp3) is 0.231. The summed E-state index contributed by atoms with van der Waals surface area (Å²) in [6.07, 6.45) is 32.6. The Morgan fingerprint density at radius 3 is 1.32 bits per heavy atom. The van der Waals surface area contributed by atoms with Crippen LogP contribution in [0.5, 0.6) is 23.0 Å². The number of H-pyrrole nitrogens is 1. The minimum absolute atomic E-state index is 0.0486. The first-order chi connectivity index (χ1) is 52.1. The Hall–Kier alpha value is -10.6. The Bertz CT molecular complexity index is 4930. The smallest absolute Gasteiger partial charge is 0.258 e. The zero-order valence-corrected chi connectivity index (χ0v) is 64.0. The lowest BCUT2D eigenvalue weighted by atomic mass is 10.2. The van der Waals surface area contributed by atoms with Crippen molar-refractivity contribution in [2.75, 3.05) is 40.4 Å². The number of aromatic nitrogens is 12. The van der Waals surface area contributed by atoms with Crippen molar-refractivity contribution in [3.05, 3.63) is 299 Å². The molecule has 2 fully saturated rings. The Balaban J connectivity index is 0.000000154. The Morgan fingerprint density at radius 2 is 0.916 bits per heavy atom. The summed E-state index contributed by atoms with van der Waals surface area (Å²) in [5.41, 5.74) is 3.39. The van der Waals surface area contributed by atoms with Crippen LogP contribution in [0.4, 0.5) is 23.5 Å². The van der Waals surface area contributed by atoms with Crippen molar-refractivity contribution in [2.24, 2.45) is 0 Å². The van der Waals surface area contributed by atoms with Crippen LogP contribution in [0.15, 0.2) is 261 Å². The zero-order chi connectivity index (χ0) is 75.1. The van der Waals surface area contributed by atoms with Crippen molar-refractivity contribution in [2.45, 2.75) is 105 Å². The average Bonchev–Trinajstić information content (AvgIpc) is 1.52. The molecule has 0 spiro atoms. The van der Waals surface area contributed by atoms with Gasteiger partial charge in [0.2, 0.25) is 11.9 Å². The highest BCUT2D eigenvalue weighted by Crippen LogP contribution is 2.28. The Morgan fingerprint density at radius 1 is 0.486 bits per heavy atom. The van der Waals surface area contributed by atoms with Gasteiger partial charge >= 0.3 is 0 Å². The molecule has 2 aliphatic carbocycles. The SMILES string of the molecule is CCCCOc1ccn(-c2ccc(Cl)nc2)c(=O)c1.CSc1cnc(N[C@H]2CC[C@H](Nc3ccc(-n4ccc(O)cc4=O)cn3)C2)nc1.CSc1cnc(N[C@H]2CC[C@H](Nc3ccc(-n4ccc(OCc5ccccc5)cc4=O)cn3)C2)nc1.Clc1ccc(I)cn1.O=c1cc(OCc2ccccc2)cc[nH]1. The van der Waals surface area contributed by atoms with Crippen LogP contribution in [-0.2, 0) is 13.2 Å². The topological polar surface area (TPSA) is 298 Å². The molecule has 10 heterocycles. The van der Waals surface area contributed by atoms with E-state index in [0.29, 0.717) is 101 Å². The lowest BCUT2D eigenvalue weighted by Gasteiger charge is -2.15. The summed E-state index contributed by atoms with van der Waals surface area (Å²) in [5.74, 6) is 4.57. The summed E-state index contributed by atoms with van der Waals surface area (Å²) in [4.78, 5) is 86.4. The van der Waals surface area contributed by atoms with Crippen molar-refractivity contribution in [1.82, 2.24) is 58.6 Å². The van der Waals surface area contributed by atoms with Crippen LogP contribution >= 0.6 is 69.3 Å². The number of ether oxygens (including phenoxy) is 3. The Kier molecular flexibility index (Phi) is 30.5. The predicted molar refractivity (Wildman–Crippen MR) is 432 cm³/mol. The third kappa shape index (κ3) is 25.9. The van der Waals surface area contributed by atoms with Gasteiger partial charge in [-0.2, -0.15) is 0 Å². The maximum Gasteiger partial charge on any atom is 0.258 e. The summed E-state index contributed by atoms with van der Waals surface area (Å²) in [5, 5.41) is 24.1. The average molecular weight is 1630 g/mol. The van der Waals surface area contributed by atoms with Gasteiger partial charge < -0.3 is 45.6 Å². The lowest BCUT2D eigenvalue weighted by molar-refractivity contribution is 0.305. The molecule has 29 heteroatoms. The first kappa shape index (κ1) is 79.0. The van der Waals surface area contributed by atoms with Gasteiger partial charge in [0.1, 0.15) is 58.2 Å². The highest BCUT2D eigenvalue weighted by Gasteiger charge is 2.27. The summed E-state index contributed by atoms with van der Waals surface area (Å²) >= 11 is 16.6. The van der Waals surface area contributed by atoms with E-state index in [9.17, 15) is 24.3 Å². The van der Waals surface area contributed by atoms with E-state index in [4.69, 9.17) is 37.4 Å². The lowest BCUT2D eigenvalue weighted by Crippen LogP contribution is -2.22.